The van der Waals surface area contributed by atoms with Gasteiger partial charge in [-0.3, -0.25) is 4.79 Å². The summed E-state index contributed by atoms with van der Waals surface area (Å²) in [5.41, 5.74) is 2.35. The molecule has 0 fully saturated rings. The Kier molecular flexibility index (Phi) is 5.58. The molecule has 2 heterocycles. The highest BCUT2D eigenvalue weighted by molar-refractivity contribution is 7.13. The molecule has 0 spiro atoms. The van der Waals surface area contributed by atoms with Gasteiger partial charge in [-0.2, -0.15) is 0 Å². The van der Waals surface area contributed by atoms with E-state index in [0.29, 0.717) is 13.0 Å². The van der Waals surface area contributed by atoms with E-state index in [1.165, 1.54) is 19.1 Å². The lowest BCUT2D eigenvalue weighted by Crippen LogP contribution is -2.26. The number of amides is 1. The highest BCUT2D eigenvalue weighted by atomic mass is 32.1. The molecule has 0 saturated carbocycles. The number of hydrogen-bond donors (Lipinski definition) is 1. The minimum absolute atomic E-state index is 0.209. The van der Waals surface area contributed by atoms with E-state index in [4.69, 9.17) is 4.74 Å². The minimum atomic E-state index is -0.421. The Morgan fingerprint density at radius 2 is 1.96 bits per heavy atom. The van der Waals surface area contributed by atoms with Crippen LogP contribution in [0.5, 0.6) is 5.75 Å². The molecule has 5 nitrogen and oxygen atoms in total. The van der Waals surface area contributed by atoms with Crippen LogP contribution in [0.1, 0.15) is 21.9 Å². The maximum atomic E-state index is 13.2. The first kappa shape index (κ1) is 18.0. The number of nitrogens with zero attached hydrogens (tertiary/aromatic N) is 2. The van der Waals surface area contributed by atoms with Crippen LogP contribution in [0, 0.1) is 12.7 Å². The second-order valence-corrected chi connectivity index (χ2v) is 6.50. The number of aryl methyl sites for hydroxylation is 1. The fraction of sp³-hybridized carbons (Fsp3) is 0.211. The summed E-state index contributed by atoms with van der Waals surface area (Å²) in [5, 5.41) is 5.68. The monoisotopic (exact) mass is 371 g/mol. The molecular formula is C19H18FN3O2S. The third-order valence-electron chi connectivity index (χ3n) is 3.81. The molecule has 7 heteroatoms. The molecule has 0 atom stereocenters. The van der Waals surface area contributed by atoms with Crippen LogP contribution in [0.25, 0.3) is 10.6 Å². The molecule has 0 aliphatic carbocycles. The van der Waals surface area contributed by atoms with Gasteiger partial charge in [0.2, 0.25) is 0 Å². The number of ether oxygens (including phenoxy) is 1. The maximum Gasteiger partial charge on any atom is 0.269 e. The van der Waals surface area contributed by atoms with Crippen molar-refractivity contribution in [2.75, 3.05) is 13.7 Å². The topological polar surface area (TPSA) is 64.1 Å². The van der Waals surface area contributed by atoms with Crippen molar-refractivity contribution >= 4 is 17.2 Å². The van der Waals surface area contributed by atoms with E-state index < -0.39 is 5.82 Å². The van der Waals surface area contributed by atoms with Crippen LogP contribution >= 0.6 is 11.3 Å². The Bertz CT molecular complexity index is 909. The highest BCUT2D eigenvalue weighted by Gasteiger charge is 2.10. The Morgan fingerprint density at radius 1 is 1.19 bits per heavy atom. The van der Waals surface area contributed by atoms with Crippen LogP contribution < -0.4 is 10.1 Å². The van der Waals surface area contributed by atoms with Gasteiger partial charge in [0, 0.05) is 23.9 Å². The SMILES string of the molecule is COc1ccc(-c2nc(CCNC(=O)c3ccc(F)c(C)n3)cs2)cc1. The number of benzene rings is 1. The van der Waals surface area contributed by atoms with Crippen molar-refractivity contribution in [3.63, 3.8) is 0 Å². The Morgan fingerprint density at radius 3 is 2.65 bits per heavy atom. The number of thiazole rings is 1. The number of hydrogen-bond acceptors (Lipinski definition) is 5. The molecule has 1 N–H and O–H groups in total. The number of carbonyl (C=O) groups excluding carboxylic acids is 1. The molecule has 3 aromatic rings. The predicted molar refractivity (Wildman–Crippen MR) is 99.1 cm³/mol. The summed E-state index contributed by atoms with van der Waals surface area (Å²) in [7, 11) is 1.63. The maximum absolute atomic E-state index is 13.2. The third-order valence-corrected chi connectivity index (χ3v) is 4.75. The van der Waals surface area contributed by atoms with E-state index in [1.54, 1.807) is 18.4 Å². The first-order valence-electron chi connectivity index (χ1n) is 8.07. The number of pyridine rings is 1. The van der Waals surface area contributed by atoms with E-state index in [2.05, 4.69) is 15.3 Å². The van der Waals surface area contributed by atoms with E-state index in [0.717, 1.165) is 22.0 Å². The van der Waals surface area contributed by atoms with E-state index >= 15 is 0 Å². The molecule has 3 rings (SSSR count). The lowest BCUT2D eigenvalue weighted by atomic mass is 10.2. The second kappa shape index (κ2) is 8.05. The van der Waals surface area contributed by atoms with Gasteiger partial charge >= 0.3 is 0 Å². The predicted octanol–water partition coefficient (Wildman–Crippen LogP) is 3.63. The fourth-order valence-electron chi connectivity index (χ4n) is 2.35. The lowest BCUT2D eigenvalue weighted by molar-refractivity contribution is 0.0949. The molecule has 0 saturated heterocycles. The fourth-order valence-corrected chi connectivity index (χ4v) is 3.21. The Balaban J connectivity index is 1.56. The number of rotatable bonds is 6. The van der Waals surface area contributed by atoms with Crippen molar-refractivity contribution in [2.24, 2.45) is 0 Å². The number of nitrogens with one attached hydrogen (secondary N) is 1. The van der Waals surface area contributed by atoms with Gasteiger partial charge in [-0.25, -0.2) is 14.4 Å². The van der Waals surface area contributed by atoms with E-state index in [-0.39, 0.29) is 17.3 Å². The van der Waals surface area contributed by atoms with Gasteiger partial charge in [-0.05, 0) is 43.3 Å². The van der Waals surface area contributed by atoms with Crippen molar-refractivity contribution in [3.05, 3.63) is 64.7 Å². The van der Waals surface area contributed by atoms with E-state index in [1.807, 2.05) is 29.6 Å². The molecule has 1 amide bonds. The second-order valence-electron chi connectivity index (χ2n) is 5.64. The van der Waals surface area contributed by atoms with Crippen molar-refractivity contribution in [2.45, 2.75) is 13.3 Å². The molecular weight excluding hydrogens is 353 g/mol. The van der Waals surface area contributed by atoms with Gasteiger partial charge in [0.15, 0.2) is 0 Å². The average Bonchev–Trinajstić information content (AvgIpc) is 3.13. The third kappa shape index (κ3) is 4.23. The molecule has 0 aliphatic rings. The van der Waals surface area contributed by atoms with Gasteiger partial charge in [0.25, 0.3) is 5.91 Å². The Hall–Kier alpha value is -2.80. The Labute approximate surface area is 154 Å². The number of halogens is 1. The van der Waals surface area contributed by atoms with Crippen LogP contribution in [0.2, 0.25) is 0 Å². The quantitative estimate of drug-likeness (QED) is 0.719. The molecule has 0 aliphatic heterocycles. The summed E-state index contributed by atoms with van der Waals surface area (Å²) in [6.07, 6.45) is 0.610. The molecule has 26 heavy (non-hydrogen) atoms. The van der Waals surface area contributed by atoms with Gasteiger partial charge in [0.1, 0.15) is 22.3 Å². The zero-order chi connectivity index (χ0) is 18.5. The van der Waals surface area contributed by atoms with Crippen LogP contribution in [-0.2, 0) is 6.42 Å². The number of carbonyl (C=O) groups is 1. The van der Waals surface area contributed by atoms with Crippen molar-refractivity contribution in [3.8, 4) is 16.3 Å². The standard InChI is InChI=1S/C19H18FN3O2S/c1-12-16(20)7-8-17(22-12)18(24)21-10-9-14-11-26-19(23-14)13-3-5-15(25-2)6-4-13/h3-8,11H,9-10H2,1-2H3,(H,21,24). The van der Waals surface area contributed by atoms with Crippen LogP contribution in [0.15, 0.2) is 41.8 Å². The summed E-state index contributed by atoms with van der Waals surface area (Å²) >= 11 is 1.56. The van der Waals surface area contributed by atoms with Crippen LogP contribution in [-0.4, -0.2) is 29.5 Å². The van der Waals surface area contributed by atoms with Gasteiger partial charge in [0.05, 0.1) is 18.5 Å². The van der Waals surface area contributed by atoms with Gasteiger partial charge < -0.3 is 10.1 Å². The van der Waals surface area contributed by atoms with Crippen LogP contribution in [0.3, 0.4) is 0 Å². The van der Waals surface area contributed by atoms with Crippen LogP contribution in [0.4, 0.5) is 4.39 Å². The molecule has 0 bridgehead atoms. The van der Waals surface area contributed by atoms with Gasteiger partial charge in [-0.15, -0.1) is 11.3 Å². The average molecular weight is 371 g/mol. The summed E-state index contributed by atoms with van der Waals surface area (Å²) in [5.74, 6) is 0.0617. The lowest BCUT2D eigenvalue weighted by Gasteiger charge is -2.04. The summed E-state index contributed by atoms with van der Waals surface area (Å²) in [4.78, 5) is 20.6. The molecule has 0 unspecified atom stereocenters. The smallest absolute Gasteiger partial charge is 0.269 e. The molecule has 0 radical (unpaired) electrons. The first-order valence-corrected chi connectivity index (χ1v) is 8.95. The molecule has 1 aromatic carbocycles. The number of methoxy groups -OCH3 is 1. The molecule has 134 valence electrons. The zero-order valence-corrected chi connectivity index (χ0v) is 15.3. The summed E-state index contributed by atoms with van der Waals surface area (Å²) in [6.45, 7) is 1.96. The van der Waals surface area contributed by atoms with Crippen molar-refractivity contribution in [1.29, 1.82) is 0 Å². The highest BCUT2D eigenvalue weighted by Crippen LogP contribution is 2.25. The van der Waals surface area contributed by atoms with Crippen molar-refractivity contribution in [1.82, 2.24) is 15.3 Å². The van der Waals surface area contributed by atoms with E-state index in [9.17, 15) is 9.18 Å². The first-order chi connectivity index (χ1) is 12.6. The summed E-state index contributed by atoms with van der Waals surface area (Å²) < 4.78 is 18.4. The normalized spacial score (nSPS) is 10.6. The summed E-state index contributed by atoms with van der Waals surface area (Å²) in [6, 6.07) is 10.3. The van der Waals surface area contributed by atoms with Gasteiger partial charge in [-0.1, -0.05) is 0 Å². The van der Waals surface area contributed by atoms with Crippen molar-refractivity contribution < 1.29 is 13.9 Å². The minimum Gasteiger partial charge on any atom is -0.497 e. The largest absolute Gasteiger partial charge is 0.497 e. The number of aromatic nitrogens is 2. The zero-order valence-electron chi connectivity index (χ0n) is 14.5. The molecule has 2 aromatic heterocycles.